The zero-order chi connectivity index (χ0) is 12.1. The summed E-state index contributed by atoms with van der Waals surface area (Å²) in [5.74, 6) is 1.51. The predicted octanol–water partition coefficient (Wildman–Crippen LogP) is 1.78. The molecule has 0 radical (unpaired) electrons. The number of carbonyl (C=O) groups excluding carboxylic acids is 1. The van der Waals surface area contributed by atoms with Crippen LogP contribution in [0.5, 0.6) is 0 Å². The van der Waals surface area contributed by atoms with Crippen LogP contribution in [0.3, 0.4) is 0 Å². The van der Waals surface area contributed by atoms with Gasteiger partial charge in [-0.15, -0.1) is 0 Å². The third-order valence-corrected chi connectivity index (χ3v) is 5.31. The van der Waals surface area contributed by atoms with Gasteiger partial charge in [-0.05, 0) is 44.9 Å². The molecule has 2 fully saturated rings. The largest absolute Gasteiger partial charge is 0.354 e. The highest BCUT2D eigenvalue weighted by Gasteiger charge is 2.34. The van der Waals surface area contributed by atoms with Crippen LogP contribution in [0.15, 0.2) is 0 Å². The van der Waals surface area contributed by atoms with E-state index in [2.05, 4.69) is 17.6 Å². The van der Waals surface area contributed by atoms with Crippen molar-refractivity contribution in [2.24, 2.45) is 5.41 Å². The van der Waals surface area contributed by atoms with E-state index < -0.39 is 0 Å². The molecule has 0 bridgehead atoms. The van der Waals surface area contributed by atoms with Gasteiger partial charge in [0.1, 0.15) is 0 Å². The molecule has 2 atom stereocenters. The Labute approximate surface area is 108 Å². The Bertz CT molecular complexity index is 258. The summed E-state index contributed by atoms with van der Waals surface area (Å²) < 4.78 is 0. The molecule has 17 heavy (non-hydrogen) atoms. The van der Waals surface area contributed by atoms with Gasteiger partial charge < -0.3 is 10.6 Å². The SMILES string of the molecule is CC1(C(=O)NCC2CCCCS2)CCCNC1. The zero-order valence-electron chi connectivity index (χ0n) is 10.8. The fraction of sp³-hybridized carbons (Fsp3) is 0.923. The minimum absolute atomic E-state index is 0.183. The van der Waals surface area contributed by atoms with Gasteiger partial charge in [-0.1, -0.05) is 6.42 Å². The summed E-state index contributed by atoms with van der Waals surface area (Å²) in [6.45, 7) is 4.83. The molecule has 2 aliphatic rings. The molecule has 2 heterocycles. The van der Waals surface area contributed by atoms with Crippen LogP contribution in [-0.4, -0.2) is 36.5 Å². The van der Waals surface area contributed by atoms with Crippen molar-refractivity contribution in [3.05, 3.63) is 0 Å². The first-order chi connectivity index (χ1) is 8.21. The van der Waals surface area contributed by atoms with Crippen LogP contribution in [0.2, 0.25) is 0 Å². The molecule has 2 aliphatic heterocycles. The van der Waals surface area contributed by atoms with Gasteiger partial charge in [0.2, 0.25) is 5.91 Å². The minimum atomic E-state index is -0.183. The quantitative estimate of drug-likeness (QED) is 0.809. The van der Waals surface area contributed by atoms with Gasteiger partial charge in [-0.25, -0.2) is 0 Å². The molecule has 0 spiro atoms. The number of piperidine rings is 1. The lowest BCUT2D eigenvalue weighted by molar-refractivity contribution is -0.131. The number of carbonyl (C=O) groups is 1. The maximum absolute atomic E-state index is 12.2. The highest BCUT2D eigenvalue weighted by Crippen LogP contribution is 2.27. The Morgan fingerprint density at radius 1 is 1.47 bits per heavy atom. The molecule has 2 saturated heterocycles. The van der Waals surface area contributed by atoms with Gasteiger partial charge in [-0.2, -0.15) is 11.8 Å². The molecule has 0 saturated carbocycles. The third-order valence-electron chi connectivity index (χ3n) is 3.91. The normalized spacial score (nSPS) is 34.3. The van der Waals surface area contributed by atoms with E-state index in [4.69, 9.17) is 0 Å². The molecule has 0 aromatic carbocycles. The monoisotopic (exact) mass is 256 g/mol. The molecule has 0 aromatic heterocycles. The van der Waals surface area contributed by atoms with E-state index in [1.54, 1.807) is 0 Å². The summed E-state index contributed by atoms with van der Waals surface area (Å²) in [6, 6.07) is 0. The number of thioether (sulfide) groups is 1. The van der Waals surface area contributed by atoms with Crippen LogP contribution in [0.4, 0.5) is 0 Å². The van der Waals surface area contributed by atoms with Crippen molar-refractivity contribution in [3.8, 4) is 0 Å². The fourth-order valence-corrected chi connectivity index (χ4v) is 3.88. The molecule has 2 N–H and O–H groups in total. The van der Waals surface area contributed by atoms with Gasteiger partial charge in [0, 0.05) is 18.3 Å². The highest BCUT2D eigenvalue weighted by atomic mass is 32.2. The van der Waals surface area contributed by atoms with Gasteiger partial charge in [-0.3, -0.25) is 4.79 Å². The van der Waals surface area contributed by atoms with Crippen LogP contribution in [0.1, 0.15) is 39.0 Å². The standard InChI is InChI=1S/C13H24N2OS/c1-13(6-4-7-14-10-13)12(16)15-9-11-5-2-3-8-17-11/h11,14H,2-10H2,1H3,(H,15,16). The Hall–Kier alpha value is -0.220. The average Bonchev–Trinajstić information content (AvgIpc) is 2.38. The molecule has 98 valence electrons. The topological polar surface area (TPSA) is 41.1 Å². The zero-order valence-corrected chi connectivity index (χ0v) is 11.6. The van der Waals surface area contributed by atoms with E-state index in [9.17, 15) is 4.79 Å². The van der Waals surface area contributed by atoms with Crippen molar-refractivity contribution < 1.29 is 4.79 Å². The van der Waals surface area contributed by atoms with Gasteiger partial charge in [0.05, 0.1) is 5.41 Å². The van der Waals surface area contributed by atoms with E-state index in [1.807, 2.05) is 11.8 Å². The van der Waals surface area contributed by atoms with E-state index in [0.717, 1.165) is 32.5 Å². The Morgan fingerprint density at radius 3 is 3.00 bits per heavy atom. The third kappa shape index (κ3) is 3.62. The fourth-order valence-electron chi connectivity index (χ4n) is 2.64. The second kappa shape index (κ2) is 6.10. The van der Waals surface area contributed by atoms with Gasteiger partial charge in [0.15, 0.2) is 0 Å². The lowest BCUT2D eigenvalue weighted by Gasteiger charge is -2.33. The lowest BCUT2D eigenvalue weighted by Crippen LogP contribution is -2.49. The second-order valence-corrected chi connectivity index (χ2v) is 6.95. The number of rotatable bonds is 3. The molecular weight excluding hydrogens is 232 g/mol. The van der Waals surface area contributed by atoms with Crippen molar-refractivity contribution in [2.45, 2.75) is 44.3 Å². The van der Waals surface area contributed by atoms with E-state index >= 15 is 0 Å². The summed E-state index contributed by atoms with van der Waals surface area (Å²) in [4.78, 5) is 12.2. The lowest BCUT2D eigenvalue weighted by atomic mass is 9.82. The maximum Gasteiger partial charge on any atom is 0.227 e. The Kier molecular flexibility index (Phi) is 4.74. The molecule has 3 nitrogen and oxygen atoms in total. The molecule has 0 aliphatic carbocycles. The van der Waals surface area contributed by atoms with E-state index in [-0.39, 0.29) is 11.3 Å². The smallest absolute Gasteiger partial charge is 0.227 e. The number of amides is 1. The molecule has 2 unspecified atom stereocenters. The first-order valence-electron chi connectivity index (χ1n) is 6.81. The second-order valence-electron chi connectivity index (χ2n) is 5.54. The molecule has 4 heteroatoms. The van der Waals surface area contributed by atoms with Gasteiger partial charge in [0.25, 0.3) is 0 Å². The van der Waals surface area contributed by atoms with Crippen LogP contribution in [0, 0.1) is 5.41 Å². The van der Waals surface area contributed by atoms with Crippen molar-refractivity contribution in [1.82, 2.24) is 10.6 Å². The van der Waals surface area contributed by atoms with Crippen molar-refractivity contribution in [2.75, 3.05) is 25.4 Å². The number of hydrogen-bond acceptors (Lipinski definition) is 3. The first kappa shape index (κ1) is 13.2. The van der Waals surface area contributed by atoms with Crippen molar-refractivity contribution in [3.63, 3.8) is 0 Å². The van der Waals surface area contributed by atoms with Crippen molar-refractivity contribution >= 4 is 17.7 Å². The van der Waals surface area contributed by atoms with Crippen LogP contribution in [-0.2, 0) is 4.79 Å². The van der Waals surface area contributed by atoms with Crippen LogP contribution >= 0.6 is 11.8 Å². The molecular formula is C13H24N2OS. The van der Waals surface area contributed by atoms with Crippen LogP contribution < -0.4 is 10.6 Å². The molecule has 0 aromatic rings. The van der Waals surface area contributed by atoms with Crippen LogP contribution in [0.25, 0.3) is 0 Å². The number of nitrogens with one attached hydrogen (secondary N) is 2. The summed E-state index contributed by atoms with van der Waals surface area (Å²) in [5.41, 5.74) is -0.183. The summed E-state index contributed by atoms with van der Waals surface area (Å²) in [7, 11) is 0. The van der Waals surface area contributed by atoms with Crippen molar-refractivity contribution in [1.29, 1.82) is 0 Å². The molecule has 1 amide bonds. The van der Waals surface area contributed by atoms with E-state index in [1.165, 1.54) is 25.0 Å². The van der Waals surface area contributed by atoms with E-state index in [0.29, 0.717) is 5.25 Å². The maximum atomic E-state index is 12.2. The van der Waals surface area contributed by atoms with Gasteiger partial charge >= 0.3 is 0 Å². The summed E-state index contributed by atoms with van der Waals surface area (Å²) in [5, 5.41) is 7.14. The summed E-state index contributed by atoms with van der Waals surface area (Å²) >= 11 is 2.02. The average molecular weight is 256 g/mol. The summed E-state index contributed by atoms with van der Waals surface area (Å²) in [6.07, 6.45) is 6.06. The predicted molar refractivity (Wildman–Crippen MR) is 73.3 cm³/mol. The highest BCUT2D eigenvalue weighted by molar-refractivity contribution is 7.99. The number of hydrogen-bond donors (Lipinski definition) is 2. The molecule has 2 rings (SSSR count). The Morgan fingerprint density at radius 2 is 2.35 bits per heavy atom. The Balaban J connectivity index is 1.75. The first-order valence-corrected chi connectivity index (χ1v) is 7.86. The minimum Gasteiger partial charge on any atom is -0.354 e.